The molecule has 1 aliphatic rings. The lowest BCUT2D eigenvalue weighted by Gasteiger charge is -2.30. The average molecular weight is 374 g/mol. The zero-order chi connectivity index (χ0) is 20.0. The maximum Gasteiger partial charge on any atom is 0.309 e. The van der Waals surface area contributed by atoms with Gasteiger partial charge in [-0.15, -0.1) is 5.01 Å². The monoisotopic (exact) mass is 373 g/mol. The van der Waals surface area contributed by atoms with Gasteiger partial charge in [0, 0.05) is 0 Å². The van der Waals surface area contributed by atoms with E-state index in [1.165, 1.54) is 0 Å². The number of esters is 1. The van der Waals surface area contributed by atoms with Crippen LogP contribution in [0.15, 0.2) is 5.28 Å². The molecule has 0 saturated heterocycles. The molecule has 152 valence electrons. The van der Waals surface area contributed by atoms with Crippen LogP contribution in [0.1, 0.15) is 53.4 Å². The normalized spacial score (nSPS) is 22.0. The smallest absolute Gasteiger partial charge is 0.309 e. The van der Waals surface area contributed by atoms with Crippen LogP contribution in [0.25, 0.3) is 0 Å². The summed E-state index contributed by atoms with van der Waals surface area (Å²) in [6.07, 6.45) is 2.70. The number of hydrogen-bond donors (Lipinski definition) is 0. The van der Waals surface area contributed by atoms with Crippen LogP contribution in [-0.2, 0) is 14.4 Å². The second-order valence-corrected chi connectivity index (χ2v) is 8.98. The van der Waals surface area contributed by atoms with Crippen LogP contribution in [0.4, 0.5) is 0 Å². The highest BCUT2D eigenvalue weighted by molar-refractivity contribution is 5.72. The van der Waals surface area contributed by atoms with Crippen molar-refractivity contribution in [1.29, 1.82) is 0 Å². The molecule has 8 heteroatoms. The van der Waals surface area contributed by atoms with Gasteiger partial charge in [-0.1, -0.05) is 0 Å². The second kappa shape index (κ2) is 9.39. The standard InChI is InChI=1S/C18H37N4O4/c1-8-20(18(2,3)4)21(24)19-26-16-11-9-15(10-12-16)17(23)25-14-13-22(5,6)7/h15-16H,8-14H2,1-7H3/q+1/b21-19+. The first kappa shape index (κ1) is 22.5. The first-order chi connectivity index (χ1) is 11.9. The van der Waals surface area contributed by atoms with Gasteiger partial charge in [-0.25, -0.2) is 0 Å². The van der Waals surface area contributed by atoms with E-state index in [0.29, 0.717) is 43.8 Å². The molecule has 0 spiro atoms. The number of carbonyl (C=O) groups excluding carboxylic acids is 1. The number of carbonyl (C=O) groups is 1. The molecule has 0 aromatic rings. The Morgan fingerprint density at radius 2 is 1.81 bits per heavy atom. The third kappa shape index (κ3) is 7.76. The predicted molar refractivity (Wildman–Crippen MR) is 98.9 cm³/mol. The molecule has 0 aromatic carbocycles. The fraction of sp³-hybridized carbons (Fsp3) is 0.944. The van der Waals surface area contributed by atoms with Gasteiger partial charge in [0.25, 0.3) is 0 Å². The summed E-state index contributed by atoms with van der Waals surface area (Å²) < 4.78 is 6.16. The van der Waals surface area contributed by atoms with Crippen molar-refractivity contribution in [2.45, 2.75) is 65.0 Å². The van der Waals surface area contributed by atoms with Gasteiger partial charge < -0.3 is 19.3 Å². The van der Waals surface area contributed by atoms with Gasteiger partial charge >= 0.3 is 5.97 Å². The molecule has 1 rings (SSSR count). The van der Waals surface area contributed by atoms with Crippen molar-refractivity contribution in [1.82, 2.24) is 5.01 Å². The van der Waals surface area contributed by atoms with E-state index in [9.17, 15) is 10.0 Å². The molecule has 26 heavy (non-hydrogen) atoms. The summed E-state index contributed by atoms with van der Waals surface area (Å²) >= 11 is 0. The Balaban J connectivity index is 2.39. The van der Waals surface area contributed by atoms with E-state index in [0.717, 1.165) is 11.0 Å². The summed E-state index contributed by atoms with van der Waals surface area (Å²) in [4.78, 5) is 18.1. The van der Waals surface area contributed by atoms with Crippen LogP contribution in [-0.4, -0.2) is 72.9 Å². The van der Waals surface area contributed by atoms with Gasteiger partial charge in [0.1, 0.15) is 19.3 Å². The first-order valence-electron chi connectivity index (χ1n) is 9.52. The van der Waals surface area contributed by atoms with Crippen molar-refractivity contribution in [2.24, 2.45) is 11.2 Å². The van der Waals surface area contributed by atoms with Crippen LogP contribution in [0.5, 0.6) is 0 Å². The summed E-state index contributed by atoms with van der Waals surface area (Å²) in [6.45, 7) is 9.54. The summed E-state index contributed by atoms with van der Waals surface area (Å²) in [5.74, 6) is -0.198. The minimum atomic E-state index is -0.323. The molecule has 0 N–H and O–H groups in total. The van der Waals surface area contributed by atoms with Crippen LogP contribution in [0, 0.1) is 11.1 Å². The number of ether oxygens (including phenoxy) is 1. The Morgan fingerprint density at radius 1 is 1.23 bits per heavy atom. The lowest BCUT2D eigenvalue weighted by molar-refractivity contribution is -0.870. The SMILES string of the molecule is CCN(/[N+]([O-])=N\OC1CCC(C(=O)OCC[N+](C)(C)C)CC1)C(C)(C)C. The van der Waals surface area contributed by atoms with E-state index in [1.807, 2.05) is 27.7 Å². The lowest BCUT2D eigenvalue weighted by Crippen LogP contribution is -2.45. The molecule has 0 radical (unpaired) electrons. The Morgan fingerprint density at radius 3 is 2.27 bits per heavy atom. The van der Waals surface area contributed by atoms with Crippen molar-refractivity contribution in [3.8, 4) is 0 Å². The molecule has 0 heterocycles. The highest BCUT2D eigenvalue weighted by atomic mass is 16.7. The molecule has 1 fully saturated rings. The largest absolute Gasteiger partial charge is 0.569 e. The van der Waals surface area contributed by atoms with Gasteiger partial charge in [0.05, 0.1) is 44.1 Å². The Labute approximate surface area is 157 Å². The zero-order valence-corrected chi connectivity index (χ0v) is 17.5. The molecule has 0 aliphatic heterocycles. The zero-order valence-electron chi connectivity index (χ0n) is 17.5. The van der Waals surface area contributed by atoms with Crippen LogP contribution < -0.4 is 0 Å². The number of hydrogen-bond acceptors (Lipinski definition) is 5. The van der Waals surface area contributed by atoms with Gasteiger partial charge in [-0.2, -0.15) is 0 Å². The maximum atomic E-state index is 12.1. The minimum Gasteiger partial charge on any atom is -0.569 e. The van der Waals surface area contributed by atoms with Gasteiger partial charge in [0.15, 0.2) is 0 Å². The third-order valence-corrected chi connectivity index (χ3v) is 4.56. The number of rotatable bonds is 8. The fourth-order valence-electron chi connectivity index (χ4n) is 2.94. The molecular formula is C18H37N4O4+. The topological polar surface area (TPSA) is 77.2 Å². The molecule has 1 aliphatic carbocycles. The van der Waals surface area contributed by atoms with E-state index >= 15 is 0 Å². The number of quaternary nitrogens is 1. The van der Waals surface area contributed by atoms with E-state index < -0.39 is 0 Å². The minimum absolute atomic E-state index is 0.0765. The van der Waals surface area contributed by atoms with Crippen molar-refractivity contribution < 1.29 is 23.8 Å². The van der Waals surface area contributed by atoms with E-state index in [-0.39, 0.29) is 23.5 Å². The highest BCUT2D eigenvalue weighted by Gasteiger charge is 2.31. The van der Waals surface area contributed by atoms with Crippen molar-refractivity contribution >= 4 is 5.97 Å². The quantitative estimate of drug-likeness (QED) is 0.215. The predicted octanol–water partition coefficient (Wildman–Crippen LogP) is 2.72. The molecule has 0 atom stereocenters. The van der Waals surface area contributed by atoms with Gasteiger partial charge in [0.2, 0.25) is 5.28 Å². The first-order valence-corrected chi connectivity index (χ1v) is 9.52. The van der Waals surface area contributed by atoms with Gasteiger partial charge in [-0.3, -0.25) is 4.79 Å². The van der Waals surface area contributed by atoms with Gasteiger partial charge in [-0.05, 0) is 53.4 Å². The van der Waals surface area contributed by atoms with E-state index in [1.54, 1.807) is 5.01 Å². The Bertz CT molecular complexity index is 475. The third-order valence-electron chi connectivity index (χ3n) is 4.56. The van der Waals surface area contributed by atoms with Crippen molar-refractivity contribution in [3.63, 3.8) is 0 Å². The second-order valence-electron chi connectivity index (χ2n) is 8.98. The fourth-order valence-corrected chi connectivity index (χ4v) is 2.94. The Hall–Kier alpha value is -1.57. The number of hydrazine groups is 1. The average Bonchev–Trinajstić information content (AvgIpc) is 2.51. The van der Waals surface area contributed by atoms with Crippen LogP contribution >= 0.6 is 0 Å². The molecule has 0 amide bonds. The van der Waals surface area contributed by atoms with E-state index in [2.05, 4.69) is 26.4 Å². The summed E-state index contributed by atoms with van der Waals surface area (Å²) in [5, 5.41) is 17.4. The number of likely N-dealkylation sites (N-methyl/N-ethyl adjacent to an activating group) is 1. The molecule has 0 aromatic heterocycles. The highest BCUT2D eigenvalue weighted by Crippen LogP contribution is 2.27. The molecular weight excluding hydrogens is 336 g/mol. The molecule has 8 nitrogen and oxygen atoms in total. The summed E-state index contributed by atoms with van der Waals surface area (Å²) in [7, 11) is 6.20. The molecule has 1 saturated carbocycles. The Kier molecular flexibility index (Phi) is 8.12. The maximum absolute atomic E-state index is 12.1. The van der Waals surface area contributed by atoms with Crippen molar-refractivity contribution in [3.05, 3.63) is 5.21 Å². The van der Waals surface area contributed by atoms with Crippen molar-refractivity contribution in [2.75, 3.05) is 40.8 Å². The lowest BCUT2D eigenvalue weighted by atomic mass is 9.87. The summed E-state index contributed by atoms with van der Waals surface area (Å²) in [6, 6.07) is 0. The van der Waals surface area contributed by atoms with E-state index in [4.69, 9.17) is 9.57 Å². The molecule has 0 bridgehead atoms. The molecule has 0 unspecified atom stereocenters. The van der Waals surface area contributed by atoms with Crippen LogP contribution in [0.2, 0.25) is 0 Å². The van der Waals surface area contributed by atoms with Crippen LogP contribution in [0.3, 0.4) is 0 Å². The summed E-state index contributed by atoms with van der Waals surface area (Å²) in [5.41, 5.74) is -0.323. The number of nitrogens with zero attached hydrogens (tertiary/aromatic N) is 4.